The summed E-state index contributed by atoms with van der Waals surface area (Å²) in [5.41, 5.74) is 1.22. The third-order valence-electron chi connectivity index (χ3n) is 2.96. The van der Waals surface area contributed by atoms with E-state index >= 15 is 0 Å². The number of nitrogens with zero attached hydrogens (tertiary/aromatic N) is 1. The van der Waals surface area contributed by atoms with Gasteiger partial charge in [-0.3, -0.25) is 0 Å². The SMILES string of the molecule is CN(C)CCC(Cl)c1ccc2ccccc2c1.Cl. The van der Waals surface area contributed by atoms with Crippen molar-refractivity contribution in [3.63, 3.8) is 0 Å². The highest BCUT2D eigenvalue weighted by atomic mass is 35.5. The van der Waals surface area contributed by atoms with Crippen LogP contribution in [0.1, 0.15) is 17.4 Å². The molecular formula is C15H19Cl2N. The lowest BCUT2D eigenvalue weighted by Crippen LogP contribution is -2.14. The number of hydrogen-bond donors (Lipinski definition) is 0. The summed E-state index contributed by atoms with van der Waals surface area (Å²) in [5.74, 6) is 0. The van der Waals surface area contributed by atoms with Gasteiger partial charge < -0.3 is 4.90 Å². The summed E-state index contributed by atoms with van der Waals surface area (Å²) in [6, 6.07) is 14.9. The number of hydrogen-bond acceptors (Lipinski definition) is 1. The Balaban J connectivity index is 0.00000162. The van der Waals surface area contributed by atoms with Crippen LogP contribution in [0.3, 0.4) is 0 Å². The fourth-order valence-corrected chi connectivity index (χ4v) is 2.17. The zero-order valence-electron chi connectivity index (χ0n) is 10.8. The Morgan fingerprint density at radius 2 is 1.72 bits per heavy atom. The molecule has 0 heterocycles. The van der Waals surface area contributed by atoms with Crippen molar-refractivity contribution in [1.82, 2.24) is 4.90 Å². The van der Waals surface area contributed by atoms with Gasteiger partial charge in [-0.2, -0.15) is 0 Å². The molecule has 1 nitrogen and oxygen atoms in total. The van der Waals surface area contributed by atoms with Crippen LogP contribution in [0.2, 0.25) is 0 Å². The Hall–Kier alpha value is -0.760. The Labute approximate surface area is 120 Å². The zero-order valence-corrected chi connectivity index (χ0v) is 12.3. The van der Waals surface area contributed by atoms with Crippen molar-refractivity contribution < 1.29 is 0 Å². The van der Waals surface area contributed by atoms with E-state index in [0.717, 1.165) is 13.0 Å². The number of benzene rings is 2. The van der Waals surface area contributed by atoms with Crippen LogP contribution in [0, 0.1) is 0 Å². The second kappa shape index (κ2) is 6.98. The number of halogens is 2. The van der Waals surface area contributed by atoms with Crippen molar-refractivity contribution >= 4 is 34.8 Å². The molecule has 0 saturated carbocycles. The average Bonchev–Trinajstić information content (AvgIpc) is 2.35. The van der Waals surface area contributed by atoms with Crippen molar-refractivity contribution in [2.24, 2.45) is 0 Å². The quantitative estimate of drug-likeness (QED) is 0.747. The summed E-state index contributed by atoms with van der Waals surface area (Å²) in [7, 11) is 4.15. The molecule has 0 bridgehead atoms. The molecule has 1 unspecified atom stereocenters. The molecular weight excluding hydrogens is 265 g/mol. The molecule has 2 aromatic rings. The Kier molecular flexibility index (Phi) is 5.94. The molecule has 0 aliphatic rings. The standard InChI is InChI=1S/C15H18ClN.ClH/c1-17(2)10-9-15(16)14-8-7-12-5-3-4-6-13(12)11-14;/h3-8,11,15H,9-10H2,1-2H3;1H. The largest absolute Gasteiger partial charge is 0.309 e. The van der Waals surface area contributed by atoms with Crippen LogP contribution in [-0.4, -0.2) is 25.5 Å². The lowest BCUT2D eigenvalue weighted by atomic mass is 10.0. The first kappa shape index (κ1) is 15.3. The molecule has 0 radical (unpaired) electrons. The van der Waals surface area contributed by atoms with E-state index in [1.807, 2.05) is 0 Å². The van der Waals surface area contributed by atoms with Crippen molar-refractivity contribution in [2.45, 2.75) is 11.8 Å². The molecule has 0 fully saturated rings. The molecule has 2 aromatic carbocycles. The van der Waals surface area contributed by atoms with E-state index in [1.165, 1.54) is 16.3 Å². The van der Waals surface area contributed by atoms with Gasteiger partial charge in [0.25, 0.3) is 0 Å². The summed E-state index contributed by atoms with van der Waals surface area (Å²) in [4.78, 5) is 2.16. The third kappa shape index (κ3) is 3.88. The minimum atomic E-state index is 0. The minimum absolute atomic E-state index is 0. The van der Waals surface area contributed by atoms with Crippen LogP contribution in [0.4, 0.5) is 0 Å². The molecule has 18 heavy (non-hydrogen) atoms. The maximum Gasteiger partial charge on any atom is 0.0597 e. The molecule has 0 saturated heterocycles. The summed E-state index contributed by atoms with van der Waals surface area (Å²) in [6.45, 7) is 1.01. The smallest absolute Gasteiger partial charge is 0.0597 e. The Morgan fingerprint density at radius 1 is 1.06 bits per heavy atom. The van der Waals surface area contributed by atoms with Gasteiger partial charge in [-0.25, -0.2) is 0 Å². The molecule has 98 valence electrons. The molecule has 3 heteroatoms. The van der Waals surface area contributed by atoms with E-state index in [4.69, 9.17) is 11.6 Å². The topological polar surface area (TPSA) is 3.24 Å². The maximum atomic E-state index is 6.42. The molecule has 0 spiro atoms. The minimum Gasteiger partial charge on any atom is -0.309 e. The van der Waals surface area contributed by atoms with Crippen molar-refractivity contribution in [2.75, 3.05) is 20.6 Å². The van der Waals surface area contributed by atoms with E-state index in [9.17, 15) is 0 Å². The highest BCUT2D eigenvalue weighted by Gasteiger charge is 2.08. The second-order valence-corrected chi connectivity index (χ2v) is 5.19. The highest BCUT2D eigenvalue weighted by molar-refractivity contribution is 6.21. The lowest BCUT2D eigenvalue weighted by Gasteiger charge is -2.14. The van der Waals surface area contributed by atoms with Crippen LogP contribution in [-0.2, 0) is 0 Å². The van der Waals surface area contributed by atoms with Gasteiger partial charge in [-0.15, -0.1) is 24.0 Å². The summed E-state index contributed by atoms with van der Waals surface area (Å²) >= 11 is 6.42. The monoisotopic (exact) mass is 283 g/mol. The number of rotatable bonds is 4. The summed E-state index contributed by atoms with van der Waals surface area (Å²) < 4.78 is 0. The molecule has 1 atom stereocenters. The van der Waals surface area contributed by atoms with Gasteiger partial charge >= 0.3 is 0 Å². The van der Waals surface area contributed by atoms with Gasteiger partial charge in [0.2, 0.25) is 0 Å². The van der Waals surface area contributed by atoms with E-state index in [0.29, 0.717) is 0 Å². The zero-order chi connectivity index (χ0) is 12.3. The van der Waals surface area contributed by atoms with Crippen LogP contribution in [0.15, 0.2) is 42.5 Å². The molecule has 0 amide bonds. The molecule has 2 rings (SSSR count). The van der Waals surface area contributed by atoms with Crippen LogP contribution in [0.5, 0.6) is 0 Å². The fourth-order valence-electron chi connectivity index (χ4n) is 1.94. The Bertz CT molecular complexity index is 497. The molecule has 0 aliphatic carbocycles. The number of fused-ring (bicyclic) bond motifs is 1. The van der Waals surface area contributed by atoms with Gasteiger partial charge in [-0.1, -0.05) is 36.4 Å². The van der Waals surface area contributed by atoms with Crippen molar-refractivity contribution in [1.29, 1.82) is 0 Å². The predicted molar refractivity (Wildman–Crippen MR) is 83.0 cm³/mol. The fraction of sp³-hybridized carbons (Fsp3) is 0.333. The summed E-state index contributed by atoms with van der Waals surface area (Å²) in [5, 5.41) is 2.63. The van der Waals surface area contributed by atoms with Gasteiger partial charge in [0, 0.05) is 0 Å². The first-order chi connectivity index (χ1) is 8.16. The number of alkyl halides is 1. The molecule has 0 aliphatic heterocycles. The predicted octanol–water partition coefficient (Wildman–Crippen LogP) is 4.49. The first-order valence-corrected chi connectivity index (χ1v) is 6.38. The third-order valence-corrected chi connectivity index (χ3v) is 3.44. The van der Waals surface area contributed by atoms with E-state index in [1.54, 1.807) is 0 Å². The van der Waals surface area contributed by atoms with Gasteiger partial charge in [-0.05, 0) is 49.5 Å². The Morgan fingerprint density at radius 3 is 2.39 bits per heavy atom. The summed E-state index contributed by atoms with van der Waals surface area (Å²) in [6.07, 6.45) is 0.979. The second-order valence-electron chi connectivity index (χ2n) is 4.67. The van der Waals surface area contributed by atoms with Gasteiger partial charge in [0.1, 0.15) is 0 Å². The maximum absolute atomic E-state index is 6.42. The lowest BCUT2D eigenvalue weighted by molar-refractivity contribution is 0.398. The molecule has 0 aromatic heterocycles. The van der Waals surface area contributed by atoms with Gasteiger partial charge in [0.05, 0.1) is 5.38 Å². The first-order valence-electron chi connectivity index (χ1n) is 5.94. The van der Waals surface area contributed by atoms with E-state index < -0.39 is 0 Å². The van der Waals surface area contributed by atoms with Crippen LogP contribution < -0.4 is 0 Å². The normalized spacial score (nSPS) is 12.4. The van der Waals surface area contributed by atoms with E-state index in [2.05, 4.69) is 61.5 Å². The van der Waals surface area contributed by atoms with Crippen LogP contribution in [0.25, 0.3) is 10.8 Å². The van der Waals surface area contributed by atoms with Crippen molar-refractivity contribution in [3.8, 4) is 0 Å². The van der Waals surface area contributed by atoms with Gasteiger partial charge in [0.15, 0.2) is 0 Å². The van der Waals surface area contributed by atoms with Crippen molar-refractivity contribution in [3.05, 3.63) is 48.0 Å². The van der Waals surface area contributed by atoms with Crippen LogP contribution >= 0.6 is 24.0 Å². The van der Waals surface area contributed by atoms with E-state index in [-0.39, 0.29) is 17.8 Å². The average molecular weight is 284 g/mol. The molecule has 0 N–H and O–H groups in total. The highest BCUT2D eigenvalue weighted by Crippen LogP contribution is 2.27.